The summed E-state index contributed by atoms with van der Waals surface area (Å²) >= 11 is 0. The predicted molar refractivity (Wildman–Crippen MR) is 45.1 cm³/mol. The largest absolute Gasteiger partial charge is 0.519 e. The SMILES string of the molecule is Cc1oc(=O)oc1CCC(C)C. The van der Waals surface area contributed by atoms with Crippen LogP contribution in [0.2, 0.25) is 0 Å². The zero-order valence-electron chi connectivity index (χ0n) is 7.72. The van der Waals surface area contributed by atoms with E-state index in [0.29, 0.717) is 17.4 Å². The van der Waals surface area contributed by atoms with E-state index in [-0.39, 0.29) is 0 Å². The highest BCUT2D eigenvalue weighted by molar-refractivity contribution is 5.00. The topological polar surface area (TPSA) is 43.4 Å². The first-order chi connectivity index (χ1) is 5.59. The third-order valence-electron chi connectivity index (χ3n) is 1.78. The van der Waals surface area contributed by atoms with Gasteiger partial charge in [0, 0.05) is 6.42 Å². The van der Waals surface area contributed by atoms with Gasteiger partial charge in [-0.3, -0.25) is 0 Å². The number of aryl methyl sites for hydroxylation is 2. The van der Waals surface area contributed by atoms with Gasteiger partial charge in [-0.2, -0.15) is 0 Å². The summed E-state index contributed by atoms with van der Waals surface area (Å²) in [7, 11) is 0. The van der Waals surface area contributed by atoms with Crippen molar-refractivity contribution in [2.75, 3.05) is 0 Å². The molecule has 0 atom stereocenters. The molecule has 0 aromatic carbocycles. The molecule has 0 bridgehead atoms. The van der Waals surface area contributed by atoms with Crippen molar-refractivity contribution in [2.45, 2.75) is 33.6 Å². The highest BCUT2D eigenvalue weighted by Gasteiger charge is 2.08. The van der Waals surface area contributed by atoms with Crippen molar-refractivity contribution in [3.63, 3.8) is 0 Å². The van der Waals surface area contributed by atoms with Gasteiger partial charge in [0.05, 0.1) is 0 Å². The molecular formula is C9H14O3. The lowest BCUT2D eigenvalue weighted by atomic mass is 10.1. The smallest absolute Gasteiger partial charge is 0.396 e. The fraction of sp³-hybridized carbons (Fsp3) is 0.667. The molecule has 0 unspecified atom stereocenters. The Kier molecular flexibility index (Phi) is 2.74. The molecule has 1 aromatic rings. The van der Waals surface area contributed by atoms with Crippen molar-refractivity contribution in [3.05, 3.63) is 22.1 Å². The average Bonchev–Trinajstić information content (AvgIpc) is 2.26. The molecule has 0 fully saturated rings. The van der Waals surface area contributed by atoms with E-state index in [9.17, 15) is 4.79 Å². The minimum absolute atomic E-state index is 0.591. The molecule has 3 heteroatoms. The third-order valence-corrected chi connectivity index (χ3v) is 1.78. The molecule has 0 saturated carbocycles. The first-order valence-corrected chi connectivity index (χ1v) is 4.19. The van der Waals surface area contributed by atoms with Crippen molar-refractivity contribution in [3.8, 4) is 0 Å². The van der Waals surface area contributed by atoms with Crippen molar-refractivity contribution >= 4 is 0 Å². The zero-order chi connectivity index (χ0) is 9.14. The number of rotatable bonds is 3. The lowest BCUT2D eigenvalue weighted by Crippen LogP contribution is -1.92. The van der Waals surface area contributed by atoms with Crippen LogP contribution in [-0.4, -0.2) is 0 Å². The molecule has 0 radical (unpaired) electrons. The molecule has 1 rings (SSSR count). The third kappa shape index (κ3) is 2.26. The summed E-state index contributed by atoms with van der Waals surface area (Å²) in [5.74, 6) is 1.32. The summed E-state index contributed by atoms with van der Waals surface area (Å²) in [5, 5.41) is 0. The molecule has 1 aromatic heterocycles. The highest BCUT2D eigenvalue weighted by atomic mass is 16.6. The Bertz CT molecular complexity index is 293. The van der Waals surface area contributed by atoms with Crippen LogP contribution in [0.5, 0.6) is 0 Å². The van der Waals surface area contributed by atoms with Crippen molar-refractivity contribution in [2.24, 2.45) is 5.92 Å². The van der Waals surface area contributed by atoms with Crippen molar-refractivity contribution < 1.29 is 8.83 Å². The standard InChI is InChI=1S/C9H14O3/c1-6(2)4-5-8-7(3)11-9(10)12-8/h6H,4-5H2,1-3H3. The van der Waals surface area contributed by atoms with Crippen LogP contribution in [-0.2, 0) is 6.42 Å². The number of hydrogen-bond donors (Lipinski definition) is 0. The number of hydrogen-bond acceptors (Lipinski definition) is 3. The van der Waals surface area contributed by atoms with E-state index in [4.69, 9.17) is 8.83 Å². The van der Waals surface area contributed by atoms with E-state index in [0.717, 1.165) is 12.8 Å². The molecular weight excluding hydrogens is 156 g/mol. The van der Waals surface area contributed by atoms with E-state index in [1.54, 1.807) is 6.92 Å². The Labute approximate surface area is 71.4 Å². The molecule has 1 heterocycles. The van der Waals surface area contributed by atoms with Crippen LogP contribution < -0.4 is 5.82 Å². The molecule has 3 nitrogen and oxygen atoms in total. The normalized spacial score (nSPS) is 11.0. The molecule has 0 N–H and O–H groups in total. The summed E-state index contributed by atoms with van der Waals surface area (Å²) in [4.78, 5) is 10.6. The van der Waals surface area contributed by atoms with Crippen LogP contribution in [0.3, 0.4) is 0 Å². The van der Waals surface area contributed by atoms with Crippen LogP contribution in [0.1, 0.15) is 31.8 Å². The molecule has 0 aliphatic carbocycles. The fourth-order valence-corrected chi connectivity index (χ4v) is 1.02. The van der Waals surface area contributed by atoms with Crippen LogP contribution in [0.4, 0.5) is 0 Å². The first kappa shape index (κ1) is 9.10. The van der Waals surface area contributed by atoms with Gasteiger partial charge in [-0.1, -0.05) is 13.8 Å². The van der Waals surface area contributed by atoms with Gasteiger partial charge in [-0.05, 0) is 19.3 Å². The quantitative estimate of drug-likeness (QED) is 0.697. The van der Waals surface area contributed by atoms with Gasteiger partial charge in [0.25, 0.3) is 0 Å². The van der Waals surface area contributed by atoms with Gasteiger partial charge in [0.15, 0.2) is 0 Å². The molecule has 0 saturated heterocycles. The summed E-state index contributed by atoms with van der Waals surface area (Å²) in [6.45, 7) is 6.02. The van der Waals surface area contributed by atoms with E-state index < -0.39 is 5.82 Å². The molecule has 0 spiro atoms. The zero-order valence-corrected chi connectivity index (χ0v) is 7.72. The van der Waals surface area contributed by atoms with Gasteiger partial charge >= 0.3 is 5.82 Å². The van der Waals surface area contributed by atoms with Crippen molar-refractivity contribution in [1.29, 1.82) is 0 Å². The van der Waals surface area contributed by atoms with Gasteiger partial charge in [-0.25, -0.2) is 4.79 Å². The predicted octanol–water partition coefficient (Wildman–Crippen LogP) is 2.13. The van der Waals surface area contributed by atoms with Gasteiger partial charge in [0.1, 0.15) is 11.5 Å². The molecule has 12 heavy (non-hydrogen) atoms. The lowest BCUT2D eigenvalue weighted by Gasteiger charge is -2.00. The Morgan fingerprint density at radius 1 is 1.33 bits per heavy atom. The second-order valence-electron chi connectivity index (χ2n) is 3.37. The van der Waals surface area contributed by atoms with Gasteiger partial charge in [0.2, 0.25) is 0 Å². The van der Waals surface area contributed by atoms with E-state index in [2.05, 4.69) is 13.8 Å². The summed E-state index contributed by atoms with van der Waals surface area (Å²) in [6, 6.07) is 0. The molecule has 0 aliphatic rings. The van der Waals surface area contributed by atoms with Crippen LogP contribution in [0.25, 0.3) is 0 Å². The molecule has 0 aliphatic heterocycles. The average molecular weight is 170 g/mol. The monoisotopic (exact) mass is 170 g/mol. The van der Waals surface area contributed by atoms with Gasteiger partial charge in [-0.15, -0.1) is 0 Å². The van der Waals surface area contributed by atoms with Gasteiger partial charge < -0.3 is 8.83 Å². The summed E-state index contributed by atoms with van der Waals surface area (Å²) in [5.41, 5.74) is 0. The van der Waals surface area contributed by atoms with Crippen LogP contribution >= 0.6 is 0 Å². The highest BCUT2D eigenvalue weighted by Crippen LogP contribution is 2.11. The van der Waals surface area contributed by atoms with E-state index >= 15 is 0 Å². The van der Waals surface area contributed by atoms with Crippen LogP contribution in [0, 0.1) is 12.8 Å². The second kappa shape index (κ2) is 3.61. The van der Waals surface area contributed by atoms with E-state index in [1.165, 1.54) is 0 Å². The molecule has 0 amide bonds. The Morgan fingerprint density at radius 3 is 2.42 bits per heavy atom. The maximum absolute atomic E-state index is 10.6. The van der Waals surface area contributed by atoms with E-state index in [1.807, 2.05) is 0 Å². The summed E-state index contributed by atoms with van der Waals surface area (Å²) in [6.07, 6.45) is 1.80. The minimum atomic E-state index is -0.591. The minimum Gasteiger partial charge on any atom is -0.396 e. The Balaban J connectivity index is 2.63. The van der Waals surface area contributed by atoms with Crippen LogP contribution in [0.15, 0.2) is 13.6 Å². The lowest BCUT2D eigenvalue weighted by molar-refractivity contribution is 0.365. The van der Waals surface area contributed by atoms with Crippen molar-refractivity contribution in [1.82, 2.24) is 0 Å². The fourth-order valence-electron chi connectivity index (χ4n) is 1.02. The first-order valence-electron chi connectivity index (χ1n) is 4.19. The maximum Gasteiger partial charge on any atom is 0.519 e. The molecule has 68 valence electrons. The second-order valence-corrected chi connectivity index (χ2v) is 3.37. The Morgan fingerprint density at radius 2 is 2.00 bits per heavy atom. The summed E-state index contributed by atoms with van der Waals surface area (Å²) < 4.78 is 9.57. The maximum atomic E-state index is 10.6. The Hall–Kier alpha value is -0.990.